The number of carbonyl (C=O) groups excluding carboxylic acids is 1. The van der Waals surface area contributed by atoms with E-state index >= 15 is 0 Å². The number of hydrogen-bond acceptors (Lipinski definition) is 6. The first-order valence-corrected chi connectivity index (χ1v) is 7.91. The van der Waals surface area contributed by atoms with Gasteiger partial charge in [0, 0.05) is 33.1 Å². The van der Waals surface area contributed by atoms with Crippen molar-refractivity contribution in [3.8, 4) is 0 Å². The average Bonchev–Trinajstić information content (AvgIpc) is 3.21. The summed E-state index contributed by atoms with van der Waals surface area (Å²) in [5.41, 5.74) is 0. The lowest BCUT2D eigenvalue weighted by molar-refractivity contribution is 0.0716. The fourth-order valence-corrected chi connectivity index (χ4v) is 3.03. The van der Waals surface area contributed by atoms with Crippen LogP contribution in [0, 0.1) is 13.8 Å². The van der Waals surface area contributed by atoms with E-state index in [4.69, 9.17) is 8.94 Å². The van der Waals surface area contributed by atoms with Crippen molar-refractivity contribution in [2.45, 2.75) is 39.0 Å². The molecule has 7 nitrogen and oxygen atoms in total. The third kappa shape index (κ3) is 3.64. The summed E-state index contributed by atoms with van der Waals surface area (Å²) in [6.45, 7) is 4.63. The van der Waals surface area contributed by atoms with Crippen molar-refractivity contribution in [3.63, 3.8) is 0 Å². The summed E-state index contributed by atoms with van der Waals surface area (Å²) in [6.07, 6.45) is -0.539. The molecule has 2 atom stereocenters. The van der Waals surface area contributed by atoms with E-state index in [1.54, 1.807) is 37.9 Å². The van der Waals surface area contributed by atoms with E-state index in [1.807, 2.05) is 4.90 Å². The molecule has 24 heavy (non-hydrogen) atoms. The monoisotopic (exact) mass is 336 g/mol. The maximum Gasteiger partial charge on any atom is 0.289 e. The third-order valence-electron chi connectivity index (χ3n) is 4.17. The summed E-state index contributed by atoms with van der Waals surface area (Å²) in [7, 11) is 1.70. The van der Waals surface area contributed by atoms with E-state index in [-0.39, 0.29) is 11.9 Å². The van der Waals surface area contributed by atoms with E-state index in [0.717, 1.165) is 0 Å². The molecule has 0 bridgehead atoms. The van der Waals surface area contributed by atoms with Crippen LogP contribution in [0.25, 0.3) is 0 Å². The van der Waals surface area contributed by atoms with Gasteiger partial charge in [-0.25, -0.2) is 4.39 Å². The number of hydrogen-bond donors (Lipinski definition) is 0. The topological polar surface area (TPSA) is 75.6 Å². The number of furan rings is 1. The second kappa shape index (κ2) is 6.72. The largest absolute Gasteiger partial charge is 0.456 e. The number of rotatable bonds is 5. The zero-order valence-corrected chi connectivity index (χ0v) is 14.0. The predicted octanol–water partition coefficient (Wildman–Crippen LogP) is 1.96. The van der Waals surface area contributed by atoms with E-state index in [1.165, 1.54) is 0 Å². The molecule has 0 aliphatic carbocycles. The van der Waals surface area contributed by atoms with E-state index in [9.17, 15) is 9.18 Å². The molecule has 2 aromatic rings. The minimum Gasteiger partial charge on any atom is -0.456 e. The highest BCUT2D eigenvalue weighted by molar-refractivity contribution is 5.91. The third-order valence-corrected chi connectivity index (χ3v) is 4.17. The number of nitrogens with zero attached hydrogens (tertiary/aromatic N) is 4. The van der Waals surface area contributed by atoms with Crippen LogP contribution in [0.3, 0.4) is 0 Å². The van der Waals surface area contributed by atoms with Crippen LogP contribution in [0.5, 0.6) is 0 Å². The van der Waals surface area contributed by atoms with Gasteiger partial charge in [0.25, 0.3) is 5.91 Å². The highest BCUT2D eigenvalue weighted by atomic mass is 19.1. The molecule has 0 unspecified atom stereocenters. The molecule has 1 saturated heterocycles. The fraction of sp³-hybridized carbons (Fsp3) is 0.562. The molecule has 1 aliphatic rings. The Morgan fingerprint density at radius 2 is 2.25 bits per heavy atom. The highest BCUT2D eigenvalue weighted by Gasteiger charge is 2.34. The Bertz CT molecular complexity index is 714. The van der Waals surface area contributed by atoms with Gasteiger partial charge in [-0.15, -0.1) is 0 Å². The van der Waals surface area contributed by atoms with Gasteiger partial charge in [-0.05, 0) is 25.5 Å². The normalized spacial score (nSPS) is 21.3. The zero-order valence-electron chi connectivity index (χ0n) is 14.0. The molecule has 3 heterocycles. The Hall–Kier alpha value is -2.22. The zero-order chi connectivity index (χ0) is 17.3. The van der Waals surface area contributed by atoms with Crippen molar-refractivity contribution in [1.82, 2.24) is 19.9 Å². The standard InChI is InChI=1S/C16H21FN4O3/c1-10-4-5-14(23-10)16(22)20(3)8-13-6-12(17)7-21(13)9-15-18-11(2)24-19-15/h4-5,12-13H,6-9H2,1-3H3/t12-,13-/m0/s1. The number of aromatic nitrogens is 2. The van der Waals surface area contributed by atoms with Crippen molar-refractivity contribution in [1.29, 1.82) is 0 Å². The molecule has 3 rings (SSSR count). The van der Waals surface area contributed by atoms with Gasteiger partial charge in [-0.2, -0.15) is 4.98 Å². The van der Waals surface area contributed by atoms with Crippen molar-refractivity contribution in [3.05, 3.63) is 35.4 Å². The van der Waals surface area contributed by atoms with Gasteiger partial charge < -0.3 is 13.8 Å². The fourth-order valence-electron chi connectivity index (χ4n) is 3.03. The maximum atomic E-state index is 13.9. The summed E-state index contributed by atoms with van der Waals surface area (Å²) >= 11 is 0. The number of carbonyl (C=O) groups is 1. The Labute approximate surface area is 139 Å². The summed E-state index contributed by atoms with van der Waals surface area (Å²) in [4.78, 5) is 20.1. The smallest absolute Gasteiger partial charge is 0.289 e. The molecule has 0 aromatic carbocycles. The van der Waals surface area contributed by atoms with Crippen LogP contribution in [-0.4, -0.2) is 58.2 Å². The van der Waals surface area contributed by atoms with Gasteiger partial charge in [-0.1, -0.05) is 5.16 Å². The van der Waals surface area contributed by atoms with E-state index in [0.29, 0.717) is 49.3 Å². The Kier molecular flexibility index (Phi) is 4.66. The molecule has 0 radical (unpaired) electrons. The number of alkyl halides is 1. The highest BCUT2D eigenvalue weighted by Crippen LogP contribution is 2.23. The Morgan fingerprint density at radius 1 is 1.46 bits per heavy atom. The summed E-state index contributed by atoms with van der Waals surface area (Å²) in [6, 6.07) is 3.31. The minimum atomic E-state index is -0.919. The second-order valence-electron chi connectivity index (χ2n) is 6.24. The van der Waals surface area contributed by atoms with Crippen LogP contribution in [0.4, 0.5) is 4.39 Å². The molecule has 1 aliphatic heterocycles. The minimum absolute atomic E-state index is 0.0937. The van der Waals surface area contributed by atoms with E-state index < -0.39 is 6.17 Å². The van der Waals surface area contributed by atoms with Gasteiger partial charge in [0.1, 0.15) is 11.9 Å². The molecule has 8 heteroatoms. The van der Waals surface area contributed by atoms with Gasteiger partial charge >= 0.3 is 0 Å². The molecule has 2 aromatic heterocycles. The first-order valence-electron chi connectivity index (χ1n) is 7.91. The van der Waals surface area contributed by atoms with Crippen molar-refractivity contribution in [2.24, 2.45) is 0 Å². The maximum absolute atomic E-state index is 13.9. The summed E-state index contributed by atoms with van der Waals surface area (Å²) < 4.78 is 24.2. The van der Waals surface area contributed by atoms with E-state index in [2.05, 4.69) is 10.1 Å². The SMILES string of the molecule is Cc1ccc(C(=O)N(C)C[C@@H]2C[C@H](F)CN2Cc2noc(C)n2)o1. The van der Waals surface area contributed by atoms with Crippen LogP contribution >= 0.6 is 0 Å². The Balaban J connectivity index is 1.64. The van der Waals surface area contributed by atoms with Crippen LogP contribution in [0.1, 0.15) is 34.5 Å². The lowest BCUT2D eigenvalue weighted by Gasteiger charge is -2.27. The van der Waals surface area contributed by atoms with Gasteiger partial charge in [-0.3, -0.25) is 9.69 Å². The quantitative estimate of drug-likeness (QED) is 0.831. The van der Waals surface area contributed by atoms with Gasteiger partial charge in [0.15, 0.2) is 11.6 Å². The molecule has 0 spiro atoms. The van der Waals surface area contributed by atoms with Crippen LogP contribution in [0.2, 0.25) is 0 Å². The predicted molar refractivity (Wildman–Crippen MR) is 83.2 cm³/mol. The molecular weight excluding hydrogens is 315 g/mol. The Morgan fingerprint density at radius 3 is 2.88 bits per heavy atom. The summed E-state index contributed by atoms with van der Waals surface area (Å²) in [5, 5.41) is 3.86. The molecular formula is C16H21FN4O3. The molecule has 0 N–H and O–H groups in total. The van der Waals surface area contributed by atoms with Crippen LogP contribution in [-0.2, 0) is 6.54 Å². The number of amides is 1. The number of halogens is 1. The van der Waals surface area contributed by atoms with Crippen LogP contribution in [0.15, 0.2) is 21.1 Å². The lowest BCUT2D eigenvalue weighted by atomic mass is 10.2. The second-order valence-corrected chi connectivity index (χ2v) is 6.24. The average molecular weight is 336 g/mol. The number of likely N-dealkylation sites (tertiary alicyclic amines) is 1. The molecule has 130 valence electrons. The molecule has 1 fully saturated rings. The lowest BCUT2D eigenvalue weighted by Crippen LogP contribution is -2.41. The van der Waals surface area contributed by atoms with Gasteiger partial charge in [0.2, 0.25) is 5.89 Å². The first-order chi connectivity index (χ1) is 11.4. The van der Waals surface area contributed by atoms with Crippen molar-refractivity contribution < 1.29 is 18.1 Å². The summed E-state index contributed by atoms with van der Waals surface area (Å²) in [5.74, 6) is 1.79. The first kappa shape index (κ1) is 16.6. The van der Waals surface area contributed by atoms with Crippen molar-refractivity contribution in [2.75, 3.05) is 20.1 Å². The van der Waals surface area contributed by atoms with Crippen LogP contribution < -0.4 is 0 Å². The number of likely N-dealkylation sites (N-methyl/N-ethyl adjacent to an activating group) is 1. The number of aryl methyl sites for hydroxylation is 2. The van der Waals surface area contributed by atoms with Crippen molar-refractivity contribution >= 4 is 5.91 Å². The molecule has 1 amide bonds. The van der Waals surface area contributed by atoms with Gasteiger partial charge in [0.05, 0.1) is 6.54 Å². The molecule has 0 saturated carbocycles.